The minimum Gasteiger partial charge on any atom is -0.390 e. The fourth-order valence-electron chi connectivity index (χ4n) is 4.52. The monoisotopic (exact) mass is 495 g/mol. The molecule has 0 aliphatic heterocycles. The summed E-state index contributed by atoms with van der Waals surface area (Å²) in [6.45, 7) is 1.59. The predicted molar refractivity (Wildman–Crippen MR) is 145 cm³/mol. The molecule has 5 nitrogen and oxygen atoms in total. The van der Waals surface area contributed by atoms with Crippen LogP contribution >= 0.6 is 11.8 Å². The molecule has 4 aromatic rings. The first kappa shape index (κ1) is 24.3. The number of rotatable bonds is 9. The van der Waals surface area contributed by atoms with Crippen molar-refractivity contribution in [1.29, 1.82) is 0 Å². The van der Waals surface area contributed by atoms with Crippen LogP contribution in [0.4, 0.5) is 0 Å². The largest absolute Gasteiger partial charge is 0.390 e. The number of nitrogens with zero attached hydrogens (tertiary/aromatic N) is 1. The maximum absolute atomic E-state index is 13.0. The summed E-state index contributed by atoms with van der Waals surface area (Å²) in [6, 6.07) is 29.5. The van der Waals surface area contributed by atoms with E-state index in [4.69, 9.17) is 0 Å². The molecule has 0 unspecified atom stereocenters. The Morgan fingerprint density at radius 2 is 1.72 bits per heavy atom. The Labute approximate surface area is 216 Å². The minimum absolute atomic E-state index is 0.179. The number of benzene rings is 3. The number of fused-ring (bicyclic) bond motifs is 1. The van der Waals surface area contributed by atoms with E-state index in [1.54, 1.807) is 11.8 Å². The van der Waals surface area contributed by atoms with Crippen LogP contribution in [0.25, 0.3) is 11.1 Å². The molecule has 6 heteroatoms. The molecule has 3 aromatic carbocycles. The zero-order valence-electron chi connectivity index (χ0n) is 19.9. The molecular formula is C30H29N3O2S. The molecule has 182 valence electrons. The summed E-state index contributed by atoms with van der Waals surface area (Å²) in [5.74, 6) is 0.754. The van der Waals surface area contributed by atoms with Crippen molar-refractivity contribution in [2.45, 2.75) is 30.1 Å². The Hall–Kier alpha value is -3.45. The van der Waals surface area contributed by atoms with Gasteiger partial charge >= 0.3 is 0 Å². The molecule has 1 aliphatic rings. The average molecular weight is 496 g/mol. The lowest BCUT2D eigenvalue weighted by Crippen LogP contribution is -2.33. The molecule has 1 amide bonds. The fraction of sp³-hybridized carbons (Fsp3) is 0.200. The predicted octanol–water partition coefficient (Wildman–Crippen LogP) is 5.02. The van der Waals surface area contributed by atoms with E-state index in [1.807, 2.05) is 79.0 Å². The highest BCUT2D eigenvalue weighted by molar-refractivity contribution is 7.99. The van der Waals surface area contributed by atoms with Crippen LogP contribution in [0.3, 0.4) is 0 Å². The van der Waals surface area contributed by atoms with E-state index in [2.05, 4.69) is 33.8 Å². The van der Waals surface area contributed by atoms with Crippen molar-refractivity contribution >= 4 is 17.7 Å². The maximum atomic E-state index is 13.0. The quantitative estimate of drug-likeness (QED) is 0.225. The zero-order valence-corrected chi connectivity index (χ0v) is 20.7. The summed E-state index contributed by atoms with van der Waals surface area (Å²) in [7, 11) is 0. The molecule has 0 saturated carbocycles. The third kappa shape index (κ3) is 5.85. The van der Waals surface area contributed by atoms with Crippen LogP contribution in [0, 0.1) is 0 Å². The van der Waals surface area contributed by atoms with Crippen molar-refractivity contribution in [1.82, 2.24) is 15.6 Å². The number of hydrogen-bond donors (Lipinski definition) is 3. The van der Waals surface area contributed by atoms with Gasteiger partial charge in [-0.3, -0.25) is 4.79 Å². The van der Waals surface area contributed by atoms with Gasteiger partial charge in [-0.25, -0.2) is 4.98 Å². The van der Waals surface area contributed by atoms with Gasteiger partial charge in [0.15, 0.2) is 0 Å². The Kier molecular flexibility index (Phi) is 7.76. The van der Waals surface area contributed by atoms with Crippen LogP contribution in [0.15, 0.2) is 102 Å². The molecule has 2 atom stereocenters. The summed E-state index contributed by atoms with van der Waals surface area (Å²) in [5.41, 5.74) is 5.98. The van der Waals surface area contributed by atoms with Crippen molar-refractivity contribution in [3.05, 3.63) is 119 Å². The average Bonchev–Trinajstić information content (AvgIpc) is 3.23. The normalized spacial score (nSPS) is 16.5. The lowest BCUT2D eigenvalue weighted by atomic mass is 10.0. The van der Waals surface area contributed by atoms with Gasteiger partial charge in [-0.05, 0) is 52.1 Å². The summed E-state index contributed by atoms with van der Waals surface area (Å²) in [4.78, 5) is 17.3. The first-order valence-corrected chi connectivity index (χ1v) is 13.2. The Balaban J connectivity index is 1.18. The van der Waals surface area contributed by atoms with Crippen LogP contribution in [0.1, 0.15) is 33.1 Å². The number of nitrogens with one attached hydrogen (secondary N) is 2. The van der Waals surface area contributed by atoms with Gasteiger partial charge in [0.05, 0.1) is 17.2 Å². The van der Waals surface area contributed by atoms with Gasteiger partial charge in [0.1, 0.15) is 0 Å². The standard InChI is InChI=1S/C30H29N3O2S/c34-27-19-25-10-9-21(20-31-16-17-36-28-8-4-5-15-32-28)18-26(25)29(27)33-30(35)24-13-11-23(12-14-24)22-6-2-1-3-7-22/h1-15,18,27,29,31,34H,16-17,19-20H2,(H,33,35)/t27-,29-/m1/s1. The van der Waals surface area contributed by atoms with Gasteiger partial charge in [0, 0.05) is 37.0 Å². The molecule has 1 heterocycles. The highest BCUT2D eigenvalue weighted by Gasteiger charge is 2.32. The van der Waals surface area contributed by atoms with Gasteiger partial charge in [0.25, 0.3) is 5.91 Å². The summed E-state index contributed by atoms with van der Waals surface area (Å²) >= 11 is 1.73. The second-order valence-corrected chi connectivity index (χ2v) is 10.0. The molecule has 5 rings (SSSR count). The van der Waals surface area contributed by atoms with E-state index in [0.29, 0.717) is 12.0 Å². The second-order valence-electron chi connectivity index (χ2n) is 8.89. The SMILES string of the molecule is O=C(N[C@@H]1c2cc(CNCCSc3ccccn3)ccc2C[C@H]1O)c1ccc(-c2ccccc2)cc1. The number of aliphatic hydroxyl groups excluding tert-OH is 1. The molecule has 1 aliphatic carbocycles. The third-order valence-electron chi connectivity index (χ3n) is 6.40. The number of carbonyl (C=O) groups excluding carboxylic acids is 1. The van der Waals surface area contributed by atoms with Gasteiger partial charge in [0.2, 0.25) is 0 Å². The number of amides is 1. The van der Waals surface area contributed by atoms with Gasteiger partial charge < -0.3 is 15.7 Å². The molecule has 0 spiro atoms. The number of carbonyl (C=O) groups is 1. The molecule has 0 fully saturated rings. The number of pyridine rings is 1. The van der Waals surface area contributed by atoms with Gasteiger partial charge in [-0.15, -0.1) is 11.8 Å². The van der Waals surface area contributed by atoms with Crippen LogP contribution < -0.4 is 10.6 Å². The van der Waals surface area contributed by atoms with Crippen molar-refractivity contribution in [3.8, 4) is 11.1 Å². The molecule has 1 aromatic heterocycles. The van der Waals surface area contributed by atoms with Crippen molar-refractivity contribution < 1.29 is 9.90 Å². The lowest BCUT2D eigenvalue weighted by molar-refractivity contribution is 0.0858. The smallest absolute Gasteiger partial charge is 0.251 e. The third-order valence-corrected chi connectivity index (χ3v) is 7.34. The van der Waals surface area contributed by atoms with E-state index in [1.165, 1.54) is 0 Å². The van der Waals surface area contributed by atoms with Crippen molar-refractivity contribution in [2.75, 3.05) is 12.3 Å². The number of aromatic nitrogens is 1. The number of thioether (sulfide) groups is 1. The van der Waals surface area contributed by atoms with Gasteiger partial charge in [-0.2, -0.15) is 0 Å². The summed E-state index contributed by atoms with van der Waals surface area (Å²) in [5, 5.41) is 18.3. The maximum Gasteiger partial charge on any atom is 0.251 e. The van der Waals surface area contributed by atoms with Crippen LogP contribution in [-0.2, 0) is 13.0 Å². The van der Waals surface area contributed by atoms with Crippen LogP contribution in [-0.4, -0.2) is 34.4 Å². The fourth-order valence-corrected chi connectivity index (χ4v) is 5.28. The highest BCUT2D eigenvalue weighted by Crippen LogP contribution is 2.33. The van der Waals surface area contributed by atoms with E-state index in [0.717, 1.165) is 51.7 Å². The van der Waals surface area contributed by atoms with E-state index >= 15 is 0 Å². The first-order valence-electron chi connectivity index (χ1n) is 12.2. The molecule has 0 saturated heterocycles. The number of hydrogen-bond acceptors (Lipinski definition) is 5. The molecule has 36 heavy (non-hydrogen) atoms. The van der Waals surface area contributed by atoms with Crippen molar-refractivity contribution in [3.63, 3.8) is 0 Å². The lowest BCUT2D eigenvalue weighted by Gasteiger charge is -2.19. The molecule has 3 N–H and O–H groups in total. The summed E-state index contributed by atoms with van der Waals surface area (Å²) < 4.78 is 0. The minimum atomic E-state index is -0.634. The summed E-state index contributed by atoms with van der Waals surface area (Å²) in [6.07, 6.45) is 1.72. The highest BCUT2D eigenvalue weighted by atomic mass is 32.2. The van der Waals surface area contributed by atoms with Crippen molar-refractivity contribution in [2.24, 2.45) is 0 Å². The Bertz CT molecular complexity index is 1300. The second kappa shape index (κ2) is 11.5. The Morgan fingerprint density at radius 1 is 0.944 bits per heavy atom. The first-order chi connectivity index (χ1) is 17.7. The zero-order chi connectivity index (χ0) is 24.7. The van der Waals surface area contributed by atoms with Crippen LogP contribution in [0.5, 0.6) is 0 Å². The molecule has 0 radical (unpaired) electrons. The van der Waals surface area contributed by atoms with E-state index < -0.39 is 12.1 Å². The van der Waals surface area contributed by atoms with E-state index in [-0.39, 0.29) is 5.91 Å². The molecule has 0 bridgehead atoms. The van der Waals surface area contributed by atoms with Gasteiger partial charge in [-0.1, -0.05) is 66.7 Å². The van der Waals surface area contributed by atoms with E-state index in [9.17, 15) is 9.90 Å². The van der Waals surface area contributed by atoms with Crippen LogP contribution in [0.2, 0.25) is 0 Å². The molecular weight excluding hydrogens is 466 g/mol. The topological polar surface area (TPSA) is 74.2 Å². The Morgan fingerprint density at radius 3 is 2.50 bits per heavy atom. The number of aliphatic hydroxyl groups is 1.